The molecule has 19 nitrogen and oxygen atoms in total. The second kappa shape index (κ2) is 40.3. The summed E-state index contributed by atoms with van der Waals surface area (Å²) in [5.41, 5.74) is 0. The largest absolute Gasteiger partial charge is 0.479 e. The van der Waals surface area contributed by atoms with E-state index in [-0.39, 0.29) is 17.7 Å². The molecule has 7 saturated heterocycles. The Bertz CT molecular complexity index is 1720. The van der Waals surface area contributed by atoms with E-state index >= 15 is 0 Å². The zero-order chi connectivity index (χ0) is 61.4. The van der Waals surface area contributed by atoms with Gasteiger partial charge in [0.15, 0.2) is 6.10 Å². The third kappa shape index (κ3) is 28.4. The number of piperidine rings is 4. The number of likely N-dealkylation sites (N-methyl/N-ethyl adjacent to an activating group) is 1. The molecule has 0 aliphatic carbocycles. The summed E-state index contributed by atoms with van der Waals surface area (Å²) in [5.74, 6) is 0.835. The first kappa shape index (κ1) is 75.0. The number of ether oxygens (including phenoxy) is 1. The first-order valence-electron chi connectivity index (χ1n) is 32.4. The highest BCUT2D eigenvalue weighted by Gasteiger charge is 2.45. The van der Waals surface area contributed by atoms with Crippen molar-refractivity contribution in [2.24, 2.45) is 11.8 Å². The molecule has 0 saturated carbocycles. The van der Waals surface area contributed by atoms with Crippen LogP contribution in [0, 0.1) is 11.8 Å². The molecule has 4 N–H and O–H groups in total. The highest BCUT2D eigenvalue weighted by Crippen LogP contribution is 2.25. The van der Waals surface area contributed by atoms with Crippen LogP contribution in [0.2, 0.25) is 0 Å². The molecule has 5 unspecified atom stereocenters. The number of carboxylic acids is 1. The number of aliphatic hydroxyl groups excluding tert-OH is 3. The molecule has 7 heterocycles. The number of nitrogens with zero attached hydrogens (tertiary/aromatic N) is 8. The molecule has 0 spiro atoms. The summed E-state index contributed by atoms with van der Waals surface area (Å²) in [6, 6.07) is 0.751. The molecule has 0 bridgehead atoms. The number of hydrogen-bond acceptors (Lipinski definition) is 13. The number of unbranched alkanes of at least 4 members (excludes halogenated alkanes) is 4. The summed E-state index contributed by atoms with van der Waals surface area (Å²) in [7, 11) is 4.65. The molecular weight excluding hydrogens is 1040 g/mol. The number of aliphatic carboxylic acids is 1. The fraction of sp³-hybridized carbons (Fsp3) is 0.905. The van der Waals surface area contributed by atoms with Crippen molar-refractivity contribution in [3.8, 4) is 0 Å². The highest BCUT2D eigenvalue weighted by molar-refractivity contribution is 5.78. The Labute approximate surface area is 497 Å². The number of piperazine rings is 2. The predicted octanol–water partition coefficient (Wildman–Crippen LogP) is 5.79. The van der Waals surface area contributed by atoms with Crippen molar-refractivity contribution in [1.29, 1.82) is 0 Å². The van der Waals surface area contributed by atoms with Gasteiger partial charge in [0, 0.05) is 90.8 Å². The summed E-state index contributed by atoms with van der Waals surface area (Å²) in [6.07, 6.45) is 14.5. The number of ketones is 2. The van der Waals surface area contributed by atoms with Gasteiger partial charge in [-0.05, 0) is 124 Å². The van der Waals surface area contributed by atoms with Gasteiger partial charge in [-0.3, -0.25) is 28.9 Å². The maximum absolute atomic E-state index is 11.2. The smallest absolute Gasteiger partial charge is 0.335 e. The van der Waals surface area contributed by atoms with Gasteiger partial charge in [0.05, 0.1) is 72.6 Å². The number of carbonyl (C=O) groups is 6. The third-order valence-electron chi connectivity index (χ3n) is 18.5. The normalized spacial score (nSPS) is 27.4. The summed E-state index contributed by atoms with van der Waals surface area (Å²) in [5, 5.41) is 36.1. The lowest BCUT2D eigenvalue weighted by Crippen LogP contribution is -2.58. The minimum atomic E-state index is -1.59. The van der Waals surface area contributed by atoms with Gasteiger partial charge in [-0.1, -0.05) is 59.8 Å². The summed E-state index contributed by atoms with van der Waals surface area (Å²) in [4.78, 5) is 79.6. The van der Waals surface area contributed by atoms with E-state index in [1.54, 1.807) is 34.6 Å². The zero-order valence-corrected chi connectivity index (χ0v) is 54.0. The monoisotopic (exact) mass is 1170 g/mol. The number of Topliss-reactive ketones (excluding diaryl/α,β-unsaturated/α-hetero) is 2. The number of likely N-dealkylation sites (tertiary alicyclic amines) is 4. The molecule has 7 aliphatic rings. The lowest BCUT2D eigenvalue weighted by Gasteiger charge is -2.41. The van der Waals surface area contributed by atoms with Crippen LogP contribution in [0.1, 0.15) is 178 Å². The van der Waals surface area contributed by atoms with Crippen LogP contribution in [-0.4, -0.2) is 276 Å². The Kier molecular flexibility index (Phi) is 36.8. The van der Waals surface area contributed by atoms with Crippen molar-refractivity contribution in [3.63, 3.8) is 0 Å². The fourth-order valence-corrected chi connectivity index (χ4v) is 12.1. The van der Waals surface area contributed by atoms with Gasteiger partial charge in [-0.25, -0.2) is 4.79 Å². The van der Waals surface area contributed by atoms with Crippen LogP contribution in [0.3, 0.4) is 0 Å². The lowest BCUT2D eigenvalue weighted by molar-refractivity contribution is -0.915. The third-order valence-corrected chi connectivity index (χ3v) is 18.5. The Balaban J connectivity index is 0.000000336. The molecule has 0 aromatic rings. The van der Waals surface area contributed by atoms with Crippen LogP contribution >= 0.6 is 0 Å². The standard InChI is InChI=1S/C12H22N2O.C12H24NO.C11H23N2O.C11H21NO.C10H20N2O.C7H12O6/c1-11(15)13-9-5-12(6-10-13)14-7-3-2-4-8-14;2*1-4-5-8-13(3)9-6-12(7-10-13)11(2)14;1-3-4-7-12-8-5-11(6-9-12)10(2)13;1-3-4-5-11-6-8-12(9-7-11)10(2)13;1-2-3(8)4(9)5(10)6(13-2)7(11)12/h12H,2-10H2,1H3;12H,4-10H2,1-3H3;4-10H2,1-3H3;11H,3-9H2,1-2H3;3-9H2,1-2H3;2-6,8-10H,1H3,(H,11,12)/q;2*+1;;;. The van der Waals surface area contributed by atoms with E-state index in [1.165, 1.54) is 147 Å². The first-order valence-corrected chi connectivity index (χ1v) is 32.4. The van der Waals surface area contributed by atoms with E-state index in [1.807, 2.05) is 14.7 Å². The van der Waals surface area contributed by atoms with Crippen molar-refractivity contribution in [3.05, 3.63) is 0 Å². The minimum Gasteiger partial charge on any atom is -0.479 e. The lowest BCUT2D eigenvalue weighted by atomic mass is 9.92. The van der Waals surface area contributed by atoms with Crippen molar-refractivity contribution in [2.45, 2.75) is 215 Å². The highest BCUT2D eigenvalue weighted by atomic mass is 16.6. The SMILES string of the molecule is CC(=O)N1CCC(N2CCCCC2)CC1.CC1OC(C(=O)O)C(O)C(O)C1O.CCCCN1CCC(C(C)=O)CC1.CCCCN1CCN(C(C)=O)CC1.CCCC[N+]1(C)CCC(C(C)=O)CC1.CCCC[N+]1(C)CCN(C(C)=O)CC1. The van der Waals surface area contributed by atoms with Crippen molar-refractivity contribution < 1.29 is 62.9 Å². The molecular formula is C63H122N8O11+2. The van der Waals surface area contributed by atoms with E-state index in [0.717, 1.165) is 115 Å². The fourth-order valence-electron chi connectivity index (χ4n) is 12.1. The second-order valence-electron chi connectivity index (χ2n) is 25.4. The molecule has 82 heavy (non-hydrogen) atoms. The number of aliphatic hydroxyl groups is 3. The average molecular weight is 1170 g/mol. The van der Waals surface area contributed by atoms with E-state index in [9.17, 15) is 44.1 Å². The van der Waals surface area contributed by atoms with Gasteiger partial charge in [0.25, 0.3) is 0 Å². The average Bonchev–Trinajstić information content (AvgIpc) is 3.47. The molecule has 5 atom stereocenters. The van der Waals surface area contributed by atoms with Gasteiger partial charge < -0.3 is 58.6 Å². The van der Waals surface area contributed by atoms with Crippen molar-refractivity contribution >= 4 is 35.3 Å². The molecule has 7 rings (SSSR count). The summed E-state index contributed by atoms with van der Waals surface area (Å²) < 4.78 is 7.13. The van der Waals surface area contributed by atoms with Gasteiger partial charge in [-0.15, -0.1) is 0 Å². The van der Waals surface area contributed by atoms with Crippen LogP contribution in [0.4, 0.5) is 0 Å². The van der Waals surface area contributed by atoms with E-state index in [2.05, 4.69) is 56.5 Å². The Morgan fingerprint density at radius 3 is 1.28 bits per heavy atom. The Hall–Kier alpha value is -3.14. The molecule has 0 aromatic heterocycles. The number of rotatable bonds is 16. The van der Waals surface area contributed by atoms with Crippen LogP contribution in [0.15, 0.2) is 0 Å². The van der Waals surface area contributed by atoms with E-state index < -0.39 is 36.5 Å². The zero-order valence-electron chi connectivity index (χ0n) is 54.0. The number of carbonyl (C=O) groups excluding carboxylic acids is 5. The van der Waals surface area contributed by atoms with Gasteiger partial charge in [0.1, 0.15) is 29.9 Å². The number of amides is 3. The minimum absolute atomic E-state index is 0.218. The van der Waals surface area contributed by atoms with Crippen LogP contribution in [0.25, 0.3) is 0 Å². The number of carboxylic acid groups (broad SMARTS) is 1. The topological polar surface area (TPSA) is 212 Å². The predicted molar refractivity (Wildman–Crippen MR) is 326 cm³/mol. The van der Waals surface area contributed by atoms with Crippen molar-refractivity contribution in [1.82, 2.24) is 29.4 Å². The second-order valence-corrected chi connectivity index (χ2v) is 25.4. The van der Waals surface area contributed by atoms with E-state index in [0.29, 0.717) is 23.4 Å². The molecule has 7 fully saturated rings. The maximum atomic E-state index is 11.2. The van der Waals surface area contributed by atoms with Gasteiger partial charge in [-0.2, -0.15) is 0 Å². The van der Waals surface area contributed by atoms with Crippen molar-refractivity contribution in [2.75, 3.05) is 145 Å². The van der Waals surface area contributed by atoms with Crippen LogP contribution < -0.4 is 0 Å². The molecule has 0 radical (unpaired) electrons. The summed E-state index contributed by atoms with van der Waals surface area (Å²) >= 11 is 0. The quantitative estimate of drug-likeness (QED) is 0.135. The molecule has 3 amide bonds. The Morgan fingerprint density at radius 1 is 0.463 bits per heavy atom. The maximum Gasteiger partial charge on any atom is 0.335 e. The molecule has 7 aliphatic heterocycles. The molecule has 478 valence electrons. The molecule has 19 heteroatoms. The molecule has 0 aromatic carbocycles. The number of quaternary nitrogens is 2. The van der Waals surface area contributed by atoms with Crippen LogP contribution in [0.5, 0.6) is 0 Å². The van der Waals surface area contributed by atoms with E-state index in [4.69, 9.17) is 9.84 Å². The first-order chi connectivity index (χ1) is 38.8. The van der Waals surface area contributed by atoms with Gasteiger partial charge >= 0.3 is 5.97 Å². The number of hydrogen-bond donors (Lipinski definition) is 4. The Morgan fingerprint density at radius 2 is 0.866 bits per heavy atom. The van der Waals surface area contributed by atoms with Crippen LogP contribution in [-0.2, 0) is 33.5 Å². The summed E-state index contributed by atoms with van der Waals surface area (Å²) in [6.45, 7) is 41.0. The van der Waals surface area contributed by atoms with Gasteiger partial charge in [0.2, 0.25) is 17.7 Å².